The van der Waals surface area contributed by atoms with Crippen molar-refractivity contribution >= 4 is 17.5 Å². The molecule has 0 atom stereocenters. The van der Waals surface area contributed by atoms with Crippen molar-refractivity contribution in [2.75, 3.05) is 11.4 Å². The van der Waals surface area contributed by atoms with Gasteiger partial charge in [-0.1, -0.05) is 19.9 Å². The fraction of sp³-hybridized carbons (Fsp3) is 0.529. The van der Waals surface area contributed by atoms with Crippen LogP contribution in [-0.4, -0.2) is 18.4 Å². The van der Waals surface area contributed by atoms with Gasteiger partial charge in [0.15, 0.2) is 0 Å². The van der Waals surface area contributed by atoms with Gasteiger partial charge in [0.25, 0.3) is 0 Å². The van der Waals surface area contributed by atoms with E-state index in [1.807, 2.05) is 17.0 Å². The van der Waals surface area contributed by atoms with Crippen molar-refractivity contribution in [3.8, 4) is 0 Å². The van der Waals surface area contributed by atoms with Crippen LogP contribution in [0, 0.1) is 11.3 Å². The SMILES string of the molecule is CC1(C)CC(C(=O)N2CCCc3c(C(N)=O)cccc32)C1. The van der Waals surface area contributed by atoms with Crippen LogP contribution in [0.25, 0.3) is 0 Å². The second-order valence-electron chi connectivity index (χ2n) is 7.03. The molecule has 0 radical (unpaired) electrons. The third-order valence-corrected chi connectivity index (χ3v) is 4.73. The molecule has 1 saturated carbocycles. The van der Waals surface area contributed by atoms with Crippen molar-refractivity contribution in [2.45, 2.75) is 39.5 Å². The number of carbonyl (C=O) groups is 2. The second kappa shape index (κ2) is 4.86. The number of anilines is 1. The van der Waals surface area contributed by atoms with Crippen LogP contribution < -0.4 is 10.6 Å². The largest absolute Gasteiger partial charge is 0.366 e. The van der Waals surface area contributed by atoms with E-state index in [1.165, 1.54) is 0 Å². The Balaban J connectivity index is 1.89. The van der Waals surface area contributed by atoms with Crippen LogP contribution in [-0.2, 0) is 11.2 Å². The maximum atomic E-state index is 12.7. The van der Waals surface area contributed by atoms with Crippen molar-refractivity contribution in [1.82, 2.24) is 0 Å². The Bertz CT molecular complexity index is 599. The summed E-state index contributed by atoms with van der Waals surface area (Å²) in [4.78, 5) is 26.1. The van der Waals surface area contributed by atoms with Gasteiger partial charge in [-0.2, -0.15) is 0 Å². The summed E-state index contributed by atoms with van der Waals surface area (Å²) >= 11 is 0. The number of rotatable bonds is 2. The number of carbonyl (C=O) groups excluding carboxylic acids is 2. The first kappa shape index (κ1) is 14.1. The minimum Gasteiger partial charge on any atom is -0.366 e. The number of fused-ring (bicyclic) bond motifs is 1. The van der Waals surface area contributed by atoms with E-state index >= 15 is 0 Å². The van der Waals surface area contributed by atoms with Crippen molar-refractivity contribution < 1.29 is 9.59 Å². The zero-order chi connectivity index (χ0) is 15.2. The lowest BCUT2D eigenvalue weighted by molar-refractivity contribution is -0.128. The van der Waals surface area contributed by atoms with E-state index in [0.29, 0.717) is 5.56 Å². The van der Waals surface area contributed by atoms with Crippen molar-refractivity contribution in [3.05, 3.63) is 29.3 Å². The van der Waals surface area contributed by atoms with E-state index in [-0.39, 0.29) is 17.2 Å². The molecule has 1 aliphatic heterocycles. The van der Waals surface area contributed by atoms with Gasteiger partial charge in [0, 0.05) is 23.7 Å². The fourth-order valence-corrected chi connectivity index (χ4v) is 3.75. The summed E-state index contributed by atoms with van der Waals surface area (Å²) < 4.78 is 0. The molecule has 2 amide bonds. The van der Waals surface area contributed by atoms with Gasteiger partial charge in [-0.3, -0.25) is 9.59 Å². The lowest BCUT2D eigenvalue weighted by Crippen LogP contribution is -2.46. The van der Waals surface area contributed by atoms with Crippen molar-refractivity contribution in [1.29, 1.82) is 0 Å². The molecular formula is C17H22N2O2. The van der Waals surface area contributed by atoms with Gasteiger partial charge in [-0.25, -0.2) is 0 Å². The number of hydrogen-bond donors (Lipinski definition) is 1. The summed E-state index contributed by atoms with van der Waals surface area (Å²) in [6, 6.07) is 5.50. The Morgan fingerprint density at radius 2 is 2.00 bits per heavy atom. The molecule has 1 fully saturated rings. The van der Waals surface area contributed by atoms with Crippen molar-refractivity contribution in [3.63, 3.8) is 0 Å². The molecule has 2 N–H and O–H groups in total. The van der Waals surface area contributed by atoms with Gasteiger partial charge in [-0.15, -0.1) is 0 Å². The normalized spacial score (nSPS) is 20.6. The van der Waals surface area contributed by atoms with E-state index in [4.69, 9.17) is 5.73 Å². The Morgan fingerprint density at radius 3 is 2.62 bits per heavy atom. The topological polar surface area (TPSA) is 63.4 Å². The highest BCUT2D eigenvalue weighted by molar-refractivity contribution is 6.01. The fourth-order valence-electron chi connectivity index (χ4n) is 3.75. The maximum Gasteiger partial charge on any atom is 0.249 e. The Hall–Kier alpha value is -1.84. The quantitative estimate of drug-likeness (QED) is 0.908. The lowest BCUT2D eigenvalue weighted by Gasteiger charge is -2.44. The van der Waals surface area contributed by atoms with Gasteiger partial charge < -0.3 is 10.6 Å². The average Bonchev–Trinajstić information content (AvgIpc) is 2.42. The number of nitrogens with two attached hydrogens (primary N) is 1. The Labute approximate surface area is 125 Å². The maximum absolute atomic E-state index is 12.7. The van der Waals surface area contributed by atoms with Gasteiger partial charge in [0.2, 0.25) is 11.8 Å². The number of benzene rings is 1. The molecule has 2 aliphatic rings. The number of hydrogen-bond acceptors (Lipinski definition) is 2. The molecule has 21 heavy (non-hydrogen) atoms. The Morgan fingerprint density at radius 1 is 1.29 bits per heavy atom. The van der Waals surface area contributed by atoms with E-state index in [0.717, 1.165) is 43.5 Å². The molecule has 4 heteroatoms. The molecule has 0 saturated heterocycles. The zero-order valence-corrected chi connectivity index (χ0v) is 12.7. The summed E-state index contributed by atoms with van der Waals surface area (Å²) in [6.07, 6.45) is 3.61. The predicted molar refractivity (Wildman–Crippen MR) is 82.1 cm³/mol. The molecule has 1 aromatic carbocycles. The van der Waals surface area contributed by atoms with Crippen LogP contribution >= 0.6 is 0 Å². The summed E-state index contributed by atoms with van der Waals surface area (Å²) in [5.41, 5.74) is 8.11. The van der Waals surface area contributed by atoms with E-state index < -0.39 is 5.91 Å². The minimum atomic E-state index is -0.411. The standard InChI is InChI=1S/C17H22N2O2/c1-17(2)9-11(10-17)16(21)19-8-4-6-12-13(15(18)20)5-3-7-14(12)19/h3,5,7,11H,4,6,8-10H2,1-2H3,(H2,18,20). The molecular weight excluding hydrogens is 264 g/mol. The summed E-state index contributed by atoms with van der Waals surface area (Å²) in [7, 11) is 0. The molecule has 0 aromatic heterocycles. The highest BCUT2D eigenvalue weighted by atomic mass is 16.2. The second-order valence-corrected chi connectivity index (χ2v) is 7.03. The molecule has 1 aromatic rings. The first-order chi connectivity index (χ1) is 9.89. The zero-order valence-electron chi connectivity index (χ0n) is 12.7. The lowest BCUT2D eigenvalue weighted by atomic mass is 9.64. The monoisotopic (exact) mass is 286 g/mol. The van der Waals surface area contributed by atoms with Gasteiger partial charge in [-0.05, 0) is 48.8 Å². The van der Waals surface area contributed by atoms with E-state index in [2.05, 4.69) is 13.8 Å². The third kappa shape index (κ3) is 2.43. The summed E-state index contributed by atoms with van der Waals surface area (Å²) in [6.45, 7) is 5.14. The minimum absolute atomic E-state index is 0.128. The van der Waals surface area contributed by atoms with E-state index in [1.54, 1.807) is 6.07 Å². The van der Waals surface area contributed by atoms with Gasteiger partial charge >= 0.3 is 0 Å². The Kier molecular flexibility index (Phi) is 3.27. The van der Waals surface area contributed by atoms with Crippen molar-refractivity contribution in [2.24, 2.45) is 17.1 Å². The van der Waals surface area contributed by atoms with Crippen LogP contribution in [0.5, 0.6) is 0 Å². The van der Waals surface area contributed by atoms with E-state index in [9.17, 15) is 9.59 Å². The van der Waals surface area contributed by atoms with Crippen LogP contribution in [0.1, 0.15) is 49.0 Å². The third-order valence-electron chi connectivity index (χ3n) is 4.73. The molecule has 1 heterocycles. The van der Waals surface area contributed by atoms with Crippen LogP contribution in [0.15, 0.2) is 18.2 Å². The van der Waals surface area contributed by atoms with Gasteiger partial charge in [0.05, 0.1) is 0 Å². The number of primary amides is 1. The highest BCUT2D eigenvalue weighted by Gasteiger charge is 2.42. The van der Waals surface area contributed by atoms with Crippen LogP contribution in [0.2, 0.25) is 0 Å². The molecule has 0 unspecified atom stereocenters. The number of nitrogens with zero attached hydrogens (tertiary/aromatic N) is 1. The molecule has 0 bridgehead atoms. The smallest absolute Gasteiger partial charge is 0.249 e. The molecule has 112 valence electrons. The number of amides is 2. The first-order valence-electron chi connectivity index (χ1n) is 7.62. The average molecular weight is 286 g/mol. The summed E-state index contributed by atoms with van der Waals surface area (Å²) in [5.74, 6) is -0.0778. The molecule has 3 rings (SSSR count). The first-order valence-corrected chi connectivity index (χ1v) is 7.62. The molecule has 0 spiro atoms. The van der Waals surface area contributed by atoms with Crippen LogP contribution in [0.3, 0.4) is 0 Å². The molecule has 4 nitrogen and oxygen atoms in total. The summed E-state index contributed by atoms with van der Waals surface area (Å²) in [5, 5.41) is 0. The van der Waals surface area contributed by atoms with Crippen LogP contribution in [0.4, 0.5) is 5.69 Å². The predicted octanol–water partition coefficient (Wildman–Crippen LogP) is 2.50. The van der Waals surface area contributed by atoms with Gasteiger partial charge in [0.1, 0.15) is 0 Å². The molecule has 1 aliphatic carbocycles. The highest BCUT2D eigenvalue weighted by Crippen LogP contribution is 2.46.